The number of amides is 2. The van der Waals surface area contributed by atoms with Crippen molar-refractivity contribution in [1.82, 2.24) is 10.2 Å². The molecule has 0 aromatic heterocycles. The number of carbonyl (C=O) groups excluding carboxylic acids is 2. The van der Waals surface area contributed by atoms with Crippen molar-refractivity contribution in [3.05, 3.63) is 59.9 Å². The van der Waals surface area contributed by atoms with Crippen LogP contribution in [0.15, 0.2) is 48.5 Å². The van der Waals surface area contributed by atoms with E-state index in [-0.39, 0.29) is 43.4 Å². The molecule has 2 amide bonds. The third kappa shape index (κ3) is 7.18. The van der Waals surface area contributed by atoms with Gasteiger partial charge in [-0.25, -0.2) is 12.8 Å². The lowest BCUT2D eigenvalue weighted by atomic mass is 10.1. The maximum Gasteiger partial charge on any atom is 0.242 e. The van der Waals surface area contributed by atoms with Crippen LogP contribution in [0.4, 0.5) is 10.1 Å². The summed E-state index contributed by atoms with van der Waals surface area (Å²) in [5, 5.41) is 2.54. The van der Waals surface area contributed by atoms with Crippen LogP contribution in [0.3, 0.4) is 0 Å². The molecular weight excluding hydrogens is 449 g/mol. The van der Waals surface area contributed by atoms with E-state index in [9.17, 15) is 22.4 Å². The summed E-state index contributed by atoms with van der Waals surface area (Å²) in [6, 6.07) is 12.0. The number of benzene rings is 2. The smallest absolute Gasteiger partial charge is 0.242 e. The molecule has 2 aromatic rings. The average Bonchev–Trinajstić information content (AvgIpc) is 2.79. The molecule has 0 fully saturated rings. The van der Waals surface area contributed by atoms with Gasteiger partial charge in [0.05, 0.1) is 19.1 Å². The molecule has 0 saturated carbocycles. The van der Waals surface area contributed by atoms with Gasteiger partial charge in [0.2, 0.25) is 21.8 Å². The fraction of sp³-hybridized carbons (Fsp3) is 0.391. The minimum atomic E-state index is -3.76. The van der Waals surface area contributed by atoms with Crippen LogP contribution < -0.4 is 14.4 Å². The molecule has 1 atom stereocenters. The first-order chi connectivity index (χ1) is 15.6. The number of halogens is 1. The van der Waals surface area contributed by atoms with E-state index in [0.717, 1.165) is 16.1 Å². The highest BCUT2D eigenvalue weighted by molar-refractivity contribution is 7.92. The van der Waals surface area contributed by atoms with E-state index in [1.165, 1.54) is 37.3 Å². The molecule has 180 valence electrons. The van der Waals surface area contributed by atoms with Gasteiger partial charge < -0.3 is 15.0 Å². The summed E-state index contributed by atoms with van der Waals surface area (Å²) >= 11 is 0. The molecule has 0 aliphatic heterocycles. The number of rotatable bonds is 11. The van der Waals surface area contributed by atoms with E-state index in [4.69, 9.17) is 4.74 Å². The number of hydrogen-bond acceptors (Lipinski definition) is 5. The van der Waals surface area contributed by atoms with Gasteiger partial charge in [-0.05, 0) is 43.2 Å². The summed E-state index contributed by atoms with van der Waals surface area (Å²) in [7, 11) is -0.727. The molecule has 0 aliphatic rings. The highest BCUT2D eigenvalue weighted by Crippen LogP contribution is 2.22. The van der Waals surface area contributed by atoms with Crippen LogP contribution >= 0.6 is 0 Å². The standard InChI is InChI=1S/C23H30FN3O5S/c1-17(23(29)25-2)26(16-18-9-7-10-19(15-18)32-3)22(28)13-8-14-27(33(4,30)31)21-12-6-5-11-20(21)24/h5-7,9-12,15,17H,8,13-14,16H2,1-4H3,(H,25,29)/t17-/m0/s1. The third-order valence-corrected chi connectivity index (χ3v) is 6.35. The molecule has 0 unspecified atom stereocenters. The Labute approximate surface area is 194 Å². The molecule has 1 N–H and O–H groups in total. The van der Waals surface area contributed by atoms with Crippen molar-refractivity contribution in [1.29, 1.82) is 0 Å². The topological polar surface area (TPSA) is 96.0 Å². The Morgan fingerprint density at radius 1 is 1.15 bits per heavy atom. The van der Waals surface area contributed by atoms with Crippen LogP contribution in [0.5, 0.6) is 5.75 Å². The summed E-state index contributed by atoms with van der Waals surface area (Å²) in [5.74, 6) is -0.686. The molecule has 0 bridgehead atoms. The quantitative estimate of drug-likeness (QED) is 0.534. The number of para-hydroxylation sites is 1. The van der Waals surface area contributed by atoms with Gasteiger partial charge in [0.25, 0.3) is 0 Å². The van der Waals surface area contributed by atoms with Gasteiger partial charge in [-0.1, -0.05) is 24.3 Å². The second kappa shape index (κ2) is 11.6. The summed E-state index contributed by atoms with van der Waals surface area (Å²) in [4.78, 5) is 26.8. The van der Waals surface area contributed by atoms with Gasteiger partial charge >= 0.3 is 0 Å². The number of nitrogens with zero attached hydrogens (tertiary/aromatic N) is 2. The minimum Gasteiger partial charge on any atom is -0.497 e. The molecule has 2 aromatic carbocycles. The van der Waals surface area contributed by atoms with E-state index >= 15 is 0 Å². The van der Waals surface area contributed by atoms with Crippen molar-refractivity contribution in [3.63, 3.8) is 0 Å². The predicted octanol–water partition coefficient (Wildman–Crippen LogP) is 2.54. The van der Waals surface area contributed by atoms with Crippen molar-refractivity contribution < 1.29 is 27.1 Å². The number of likely N-dealkylation sites (N-methyl/N-ethyl adjacent to an activating group) is 1. The lowest BCUT2D eigenvalue weighted by molar-refractivity contribution is -0.140. The first-order valence-corrected chi connectivity index (χ1v) is 12.3. The summed E-state index contributed by atoms with van der Waals surface area (Å²) in [6.07, 6.45) is 1.12. The number of methoxy groups -OCH3 is 1. The van der Waals surface area contributed by atoms with Crippen LogP contribution in [-0.2, 0) is 26.2 Å². The number of nitrogens with one attached hydrogen (secondary N) is 1. The van der Waals surface area contributed by atoms with Crippen molar-refractivity contribution in [2.75, 3.05) is 31.3 Å². The SMILES string of the molecule is CNC(=O)[C@H](C)N(Cc1cccc(OC)c1)C(=O)CCCN(c1ccccc1F)S(C)(=O)=O. The van der Waals surface area contributed by atoms with Gasteiger partial charge in [-0.15, -0.1) is 0 Å². The Balaban J connectivity index is 2.17. The zero-order valence-corrected chi connectivity index (χ0v) is 20.1. The van der Waals surface area contributed by atoms with Crippen molar-refractivity contribution in [2.24, 2.45) is 0 Å². The molecule has 8 nitrogen and oxygen atoms in total. The summed E-state index contributed by atoms with van der Waals surface area (Å²) in [5.41, 5.74) is 0.710. The first-order valence-electron chi connectivity index (χ1n) is 10.4. The molecule has 0 aliphatic carbocycles. The van der Waals surface area contributed by atoms with Crippen molar-refractivity contribution in [2.45, 2.75) is 32.4 Å². The van der Waals surface area contributed by atoms with Crippen LogP contribution in [-0.4, -0.2) is 58.1 Å². The highest BCUT2D eigenvalue weighted by atomic mass is 32.2. The number of ether oxygens (including phenoxy) is 1. The zero-order chi connectivity index (χ0) is 24.6. The number of carbonyl (C=O) groups is 2. The van der Waals surface area contributed by atoms with Gasteiger partial charge in [-0.3, -0.25) is 13.9 Å². The number of anilines is 1. The molecule has 10 heteroatoms. The van der Waals surface area contributed by atoms with Gasteiger partial charge in [0, 0.05) is 26.6 Å². The van der Waals surface area contributed by atoms with E-state index < -0.39 is 21.9 Å². The monoisotopic (exact) mass is 479 g/mol. The van der Waals surface area contributed by atoms with Gasteiger partial charge in [0.1, 0.15) is 17.6 Å². The minimum absolute atomic E-state index is 0.0220. The maximum atomic E-state index is 14.2. The van der Waals surface area contributed by atoms with Crippen LogP contribution in [0.1, 0.15) is 25.3 Å². The lowest BCUT2D eigenvalue weighted by Crippen LogP contribution is -2.46. The summed E-state index contributed by atoms with van der Waals surface area (Å²) < 4.78 is 44.8. The van der Waals surface area contributed by atoms with Crippen LogP contribution in [0.2, 0.25) is 0 Å². The molecular formula is C23H30FN3O5S. The summed E-state index contributed by atoms with van der Waals surface area (Å²) in [6.45, 7) is 1.72. The van der Waals surface area contributed by atoms with E-state index in [2.05, 4.69) is 5.32 Å². The molecule has 33 heavy (non-hydrogen) atoms. The van der Waals surface area contributed by atoms with Gasteiger partial charge in [0.15, 0.2) is 0 Å². The lowest BCUT2D eigenvalue weighted by Gasteiger charge is -2.29. The molecule has 0 radical (unpaired) electrons. The highest BCUT2D eigenvalue weighted by Gasteiger charge is 2.26. The Hall–Kier alpha value is -3.14. The largest absolute Gasteiger partial charge is 0.497 e. The van der Waals surface area contributed by atoms with E-state index in [0.29, 0.717) is 5.75 Å². The zero-order valence-electron chi connectivity index (χ0n) is 19.2. The molecule has 0 saturated heterocycles. The van der Waals surface area contributed by atoms with Crippen molar-refractivity contribution >= 4 is 27.5 Å². The fourth-order valence-electron chi connectivity index (χ4n) is 3.40. The molecule has 0 spiro atoms. The van der Waals surface area contributed by atoms with Crippen LogP contribution in [0.25, 0.3) is 0 Å². The van der Waals surface area contributed by atoms with Crippen LogP contribution in [0, 0.1) is 5.82 Å². The fourth-order valence-corrected chi connectivity index (χ4v) is 4.36. The first kappa shape index (κ1) is 26.1. The maximum absolute atomic E-state index is 14.2. The third-order valence-electron chi connectivity index (χ3n) is 5.17. The van der Waals surface area contributed by atoms with E-state index in [1.807, 2.05) is 6.07 Å². The number of hydrogen-bond donors (Lipinski definition) is 1. The Morgan fingerprint density at radius 3 is 2.45 bits per heavy atom. The Morgan fingerprint density at radius 2 is 1.85 bits per heavy atom. The Kier molecular flexibility index (Phi) is 9.22. The number of sulfonamides is 1. The van der Waals surface area contributed by atoms with Crippen molar-refractivity contribution in [3.8, 4) is 5.75 Å². The second-order valence-corrected chi connectivity index (χ2v) is 9.46. The van der Waals surface area contributed by atoms with E-state index in [1.54, 1.807) is 31.2 Å². The second-order valence-electron chi connectivity index (χ2n) is 7.55. The molecule has 0 heterocycles. The van der Waals surface area contributed by atoms with Gasteiger partial charge in [-0.2, -0.15) is 0 Å². The predicted molar refractivity (Wildman–Crippen MR) is 125 cm³/mol. The average molecular weight is 480 g/mol. The normalized spacial score (nSPS) is 12.0. The Bertz CT molecular complexity index is 1080. The molecule has 2 rings (SSSR count).